The van der Waals surface area contributed by atoms with Gasteiger partial charge >= 0.3 is 0 Å². The Labute approximate surface area is 149 Å². The molecule has 0 unspecified atom stereocenters. The number of rotatable bonds is 1. The van der Waals surface area contributed by atoms with Gasteiger partial charge in [0.2, 0.25) is 5.91 Å². The quantitative estimate of drug-likeness (QED) is 0.845. The summed E-state index contributed by atoms with van der Waals surface area (Å²) in [4.78, 5) is 43.5. The molecule has 2 bridgehead atoms. The van der Waals surface area contributed by atoms with Crippen molar-refractivity contribution in [2.24, 2.45) is 5.92 Å². The molecular formula is C19H20FN3O3. The van der Waals surface area contributed by atoms with Gasteiger partial charge in [0.15, 0.2) is 5.43 Å². The number of carbonyl (C=O) groups excluding carboxylic acids is 2. The molecule has 0 aliphatic carbocycles. The van der Waals surface area contributed by atoms with E-state index in [0.29, 0.717) is 19.6 Å². The lowest BCUT2D eigenvalue weighted by Crippen LogP contribution is -2.48. The highest BCUT2D eigenvalue weighted by molar-refractivity contribution is 5.95. The zero-order valence-corrected chi connectivity index (χ0v) is 14.5. The largest absolute Gasteiger partial charge is 0.348 e. The molecule has 5 rings (SSSR count). The maximum absolute atomic E-state index is 14.1. The summed E-state index contributed by atoms with van der Waals surface area (Å²) in [6.07, 6.45) is 1.80. The molecule has 0 spiro atoms. The number of aromatic nitrogens is 1. The number of nitrogens with zero attached hydrogens (tertiary/aromatic N) is 2. The highest BCUT2D eigenvalue weighted by Crippen LogP contribution is 2.29. The van der Waals surface area contributed by atoms with E-state index >= 15 is 0 Å². The van der Waals surface area contributed by atoms with Gasteiger partial charge in [-0.25, -0.2) is 4.39 Å². The van der Waals surface area contributed by atoms with Crippen molar-refractivity contribution in [1.82, 2.24) is 14.8 Å². The molecule has 1 aromatic carbocycles. The van der Waals surface area contributed by atoms with Crippen molar-refractivity contribution in [1.29, 1.82) is 0 Å². The fourth-order valence-electron chi connectivity index (χ4n) is 4.09. The molecule has 0 radical (unpaired) electrons. The molecule has 4 heterocycles. The standard InChI is InChI=1S/C19H20FN3O3/c1-11(24)22-8-12-5-6-13(10-22)23(9-12)19(26)16-7-17(25)14-3-2-4-15(20)18(14)21-16/h2-4,7,12-13H,5-6,8-10H2,1H3,(H,21,25)/t12-,13+/m1/s1. The number of aromatic amines is 1. The van der Waals surface area contributed by atoms with Crippen molar-refractivity contribution in [3.63, 3.8) is 0 Å². The number of hydrogen-bond acceptors (Lipinski definition) is 3. The molecule has 1 aromatic heterocycles. The minimum absolute atomic E-state index is 0.0115. The SMILES string of the molecule is CC(=O)N1C[C@H]2CC[C@@H](C1)N(C(=O)c1cc(=O)c3cccc(F)c3[nH]1)C2. The zero-order chi connectivity index (χ0) is 18.4. The summed E-state index contributed by atoms with van der Waals surface area (Å²) in [5.41, 5.74) is -0.241. The van der Waals surface area contributed by atoms with Crippen molar-refractivity contribution in [2.75, 3.05) is 19.6 Å². The minimum atomic E-state index is -0.561. The molecule has 2 aromatic rings. The maximum atomic E-state index is 14.1. The summed E-state index contributed by atoms with van der Waals surface area (Å²) in [6.45, 7) is 3.24. The first kappa shape index (κ1) is 16.8. The Hall–Kier alpha value is -2.70. The van der Waals surface area contributed by atoms with Crippen LogP contribution in [0.15, 0.2) is 29.1 Å². The van der Waals surface area contributed by atoms with E-state index < -0.39 is 5.82 Å². The predicted molar refractivity (Wildman–Crippen MR) is 94.3 cm³/mol. The van der Waals surface area contributed by atoms with Gasteiger partial charge in [-0.1, -0.05) is 6.07 Å². The minimum Gasteiger partial charge on any atom is -0.348 e. The smallest absolute Gasteiger partial charge is 0.270 e. The fraction of sp³-hybridized carbons (Fsp3) is 0.421. The lowest BCUT2D eigenvalue weighted by atomic mass is 9.94. The van der Waals surface area contributed by atoms with Gasteiger partial charge in [-0.15, -0.1) is 0 Å². The summed E-state index contributed by atoms with van der Waals surface area (Å²) in [5.74, 6) is -0.635. The van der Waals surface area contributed by atoms with Crippen LogP contribution in [0.4, 0.5) is 4.39 Å². The molecule has 7 heteroatoms. The molecule has 3 aliphatic heterocycles. The zero-order valence-electron chi connectivity index (χ0n) is 14.5. The molecule has 26 heavy (non-hydrogen) atoms. The maximum Gasteiger partial charge on any atom is 0.270 e. The Morgan fingerprint density at radius 3 is 2.77 bits per heavy atom. The van der Waals surface area contributed by atoms with Gasteiger partial charge < -0.3 is 14.8 Å². The summed E-state index contributed by atoms with van der Waals surface area (Å²) in [5, 5.41) is 0.224. The number of amides is 2. The first-order valence-corrected chi connectivity index (χ1v) is 8.82. The third-order valence-electron chi connectivity index (χ3n) is 5.46. The number of fused-ring (bicyclic) bond motifs is 5. The molecule has 3 aliphatic rings. The number of carbonyl (C=O) groups is 2. The number of H-pyrrole nitrogens is 1. The molecule has 2 amide bonds. The monoisotopic (exact) mass is 357 g/mol. The average molecular weight is 357 g/mol. The van der Waals surface area contributed by atoms with Crippen LogP contribution in [0.1, 0.15) is 30.3 Å². The second-order valence-electron chi connectivity index (χ2n) is 7.19. The lowest BCUT2D eigenvalue weighted by Gasteiger charge is -2.36. The molecule has 1 N–H and O–H groups in total. The topological polar surface area (TPSA) is 73.5 Å². The predicted octanol–water partition coefficient (Wildman–Crippen LogP) is 1.75. The Bertz CT molecular complexity index is 955. The number of nitrogens with one attached hydrogen (secondary N) is 1. The van der Waals surface area contributed by atoms with Crippen LogP contribution in [0, 0.1) is 11.7 Å². The summed E-state index contributed by atoms with van der Waals surface area (Å²) < 4.78 is 14.1. The normalized spacial score (nSPS) is 22.5. The molecule has 3 fully saturated rings. The molecular weight excluding hydrogens is 337 g/mol. The van der Waals surface area contributed by atoms with E-state index in [2.05, 4.69) is 4.98 Å². The van der Waals surface area contributed by atoms with Crippen LogP contribution in [-0.4, -0.2) is 52.3 Å². The molecule has 2 atom stereocenters. The average Bonchev–Trinajstić information content (AvgIpc) is 2.94. The van der Waals surface area contributed by atoms with Gasteiger partial charge in [0.1, 0.15) is 11.5 Å². The third kappa shape index (κ3) is 2.77. The number of hydrogen-bond donors (Lipinski definition) is 1. The van der Waals surface area contributed by atoms with Gasteiger partial charge in [-0.05, 0) is 30.9 Å². The van der Waals surface area contributed by atoms with E-state index in [-0.39, 0.29) is 45.8 Å². The number of piperidine rings is 1. The Morgan fingerprint density at radius 1 is 1.19 bits per heavy atom. The number of benzene rings is 1. The Morgan fingerprint density at radius 2 is 2.00 bits per heavy atom. The third-order valence-corrected chi connectivity index (χ3v) is 5.46. The van der Waals surface area contributed by atoms with Gasteiger partial charge in [-0.3, -0.25) is 14.4 Å². The highest BCUT2D eigenvalue weighted by Gasteiger charge is 2.38. The summed E-state index contributed by atoms with van der Waals surface area (Å²) in [7, 11) is 0. The van der Waals surface area contributed by atoms with Crippen LogP contribution in [0.25, 0.3) is 10.9 Å². The van der Waals surface area contributed by atoms with E-state index in [1.807, 2.05) is 0 Å². The first-order valence-electron chi connectivity index (χ1n) is 8.82. The van der Waals surface area contributed by atoms with Crippen molar-refractivity contribution >= 4 is 22.7 Å². The molecule has 6 nitrogen and oxygen atoms in total. The fourth-order valence-corrected chi connectivity index (χ4v) is 4.09. The van der Waals surface area contributed by atoms with E-state index in [4.69, 9.17) is 0 Å². The van der Waals surface area contributed by atoms with Gasteiger partial charge in [0.25, 0.3) is 5.91 Å². The first-order chi connectivity index (χ1) is 12.4. The lowest BCUT2D eigenvalue weighted by molar-refractivity contribution is -0.129. The van der Waals surface area contributed by atoms with Crippen LogP contribution in [-0.2, 0) is 4.79 Å². The van der Waals surface area contributed by atoms with Crippen molar-refractivity contribution in [3.8, 4) is 0 Å². The van der Waals surface area contributed by atoms with E-state index in [1.165, 1.54) is 24.3 Å². The van der Waals surface area contributed by atoms with Crippen LogP contribution in [0.2, 0.25) is 0 Å². The molecule has 136 valence electrons. The van der Waals surface area contributed by atoms with Gasteiger partial charge in [0.05, 0.1) is 5.52 Å². The Balaban J connectivity index is 1.70. The molecule has 3 saturated heterocycles. The van der Waals surface area contributed by atoms with Crippen molar-refractivity contribution in [3.05, 3.63) is 46.0 Å². The van der Waals surface area contributed by atoms with Crippen LogP contribution in [0.5, 0.6) is 0 Å². The molecule has 0 saturated carbocycles. The van der Waals surface area contributed by atoms with Crippen LogP contribution < -0.4 is 5.43 Å². The second-order valence-corrected chi connectivity index (χ2v) is 7.19. The van der Waals surface area contributed by atoms with Gasteiger partial charge in [0, 0.05) is 44.1 Å². The van der Waals surface area contributed by atoms with E-state index in [9.17, 15) is 18.8 Å². The number of pyridine rings is 1. The Kier molecular flexibility index (Phi) is 4.01. The second kappa shape index (κ2) is 6.23. The summed E-state index contributed by atoms with van der Waals surface area (Å²) in [6, 6.07) is 5.42. The van der Waals surface area contributed by atoms with Gasteiger partial charge in [-0.2, -0.15) is 0 Å². The number of halogens is 1. The van der Waals surface area contributed by atoms with Crippen LogP contribution >= 0.6 is 0 Å². The highest BCUT2D eigenvalue weighted by atomic mass is 19.1. The van der Waals surface area contributed by atoms with Crippen molar-refractivity contribution < 1.29 is 14.0 Å². The summed E-state index contributed by atoms with van der Waals surface area (Å²) >= 11 is 0. The van der Waals surface area contributed by atoms with E-state index in [1.54, 1.807) is 16.7 Å². The number of para-hydroxylation sites is 1. The van der Waals surface area contributed by atoms with E-state index in [0.717, 1.165) is 12.8 Å². The van der Waals surface area contributed by atoms with Crippen LogP contribution in [0.3, 0.4) is 0 Å². The van der Waals surface area contributed by atoms with Crippen molar-refractivity contribution in [2.45, 2.75) is 25.8 Å².